The lowest BCUT2D eigenvalue weighted by atomic mass is 10.1. The number of nitrogens with two attached hydrogens (primary N) is 1. The maximum absolute atomic E-state index is 11.4. The lowest BCUT2D eigenvalue weighted by molar-refractivity contribution is 0.100. The molecule has 3 rings (SSSR count). The number of benzene rings is 2. The first-order chi connectivity index (χ1) is 12.5. The molecular formula is C19H21N5O2. The molecule has 0 aliphatic heterocycles. The first-order valence-electron chi connectivity index (χ1n) is 8.18. The van der Waals surface area contributed by atoms with Crippen LogP contribution in [0.1, 0.15) is 21.6 Å². The van der Waals surface area contributed by atoms with Crippen LogP contribution in [0.15, 0.2) is 42.5 Å². The highest BCUT2D eigenvalue weighted by atomic mass is 16.3. The third-order valence-electron chi connectivity index (χ3n) is 4.17. The van der Waals surface area contributed by atoms with Crippen molar-refractivity contribution in [1.29, 1.82) is 0 Å². The van der Waals surface area contributed by atoms with Crippen molar-refractivity contribution < 1.29 is 9.90 Å². The van der Waals surface area contributed by atoms with Gasteiger partial charge in [-0.25, -0.2) is 0 Å². The average Bonchev–Trinajstić information content (AvgIpc) is 3.01. The largest absolute Gasteiger partial charge is 0.504 e. The number of hydrogen-bond acceptors (Lipinski definition) is 5. The van der Waals surface area contributed by atoms with Crippen LogP contribution in [-0.4, -0.2) is 28.3 Å². The Labute approximate surface area is 151 Å². The van der Waals surface area contributed by atoms with E-state index in [1.54, 1.807) is 25.2 Å². The predicted octanol–water partition coefficient (Wildman–Crippen LogP) is 2.84. The summed E-state index contributed by atoms with van der Waals surface area (Å²) < 4.78 is 0. The van der Waals surface area contributed by atoms with Crippen LogP contribution >= 0.6 is 0 Å². The normalized spacial score (nSPS) is 10.5. The standard InChI is InChI=1S/C19H21N5O2/c1-11-3-5-12(6-4-11)17-18(25)16(23-24-17)10-22-15-9-13(19(20)26)7-8-14(15)21-2/h3-9,21-22,25H,10H2,1-2H3,(H2,20,26)(H,23,24). The van der Waals surface area contributed by atoms with Gasteiger partial charge in [-0.2, -0.15) is 5.10 Å². The van der Waals surface area contributed by atoms with Gasteiger partial charge in [0, 0.05) is 18.2 Å². The second-order valence-electron chi connectivity index (χ2n) is 5.99. The molecule has 26 heavy (non-hydrogen) atoms. The summed E-state index contributed by atoms with van der Waals surface area (Å²) in [5.41, 5.74) is 10.3. The van der Waals surface area contributed by atoms with E-state index < -0.39 is 5.91 Å². The number of aromatic amines is 1. The van der Waals surface area contributed by atoms with Crippen molar-refractivity contribution in [2.45, 2.75) is 13.5 Å². The van der Waals surface area contributed by atoms with Gasteiger partial charge in [-0.1, -0.05) is 29.8 Å². The van der Waals surface area contributed by atoms with Gasteiger partial charge in [-0.3, -0.25) is 9.89 Å². The van der Waals surface area contributed by atoms with Crippen LogP contribution in [0.3, 0.4) is 0 Å². The van der Waals surface area contributed by atoms with Gasteiger partial charge in [0.2, 0.25) is 5.91 Å². The number of nitrogens with zero attached hydrogens (tertiary/aromatic N) is 1. The topological polar surface area (TPSA) is 116 Å². The SMILES string of the molecule is CNc1ccc(C(N)=O)cc1NCc1[nH]nc(-c2ccc(C)cc2)c1O. The molecule has 0 atom stereocenters. The van der Waals surface area contributed by atoms with Crippen molar-refractivity contribution in [2.24, 2.45) is 5.73 Å². The van der Waals surface area contributed by atoms with Crippen LogP contribution in [0.5, 0.6) is 5.75 Å². The third kappa shape index (κ3) is 3.46. The van der Waals surface area contributed by atoms with Crippen molar-refractivity contribution >= 4 is 17.3 Å². The van der Waals surface area contributed by atoms with Gasteiger partial charge in [-0.15, -0.1) is 0 Å². The van der Waals surface area contributed by atoms with Crippen molar-refractivity contribution in [3.05, 3.63) is 59.3 Å². The number of aromatic hydroxyl groups is 1. The fourth-order valence-corrected chi connectivity index (χ4v) is 2.65. The lowest BCUT2D eigenvalue weighted by Gasteiger charge is -2.12. The van der Waals surface area contributed by atoms with Crippen LogP contribution in [0, 0.1) is 6.92 Å². The molecule has 7 nitrogen and oxygen atoms in total. The number of primary amides is 1. The summed E-state index contributed by atoms with van der Waals surface area (Å²) in [6, 6.07) is 12.9. The molecule has 0 saturated carbocycles. The summed E-state index contributed by atoms with van der Waals surface area (Å²) in [7, 11) is 1.79. The van der Waals surface area contributed by atoms with Gasteiger partial charge >= 0.3 is 0 Å². The molecule has 0 saturated heterocycles. The molecular weight excluding hydrogens is 330 g/mol. The summed E-state index contributed by atoms with van der Waals surface area (Å²) in [5.74, 6) is -0.403. The minimum atomic E-state index is -0.498. The highest BCUT2D eigenvalue weighted by molar-refractivity contribution is 5.95. The first kappa shape index (κ1) is 17.3. The van der Waals surface area contributed by atoms with Gasteiger partial charge in [0.05, 0.1) is 23.6 Å². The van der Waals surface area contributed by atoms with Crippen LogP contribution in [0.25, 0.3) is 11.3 Å². The van der Waals surface area contributed by atoms with Crippen molar-refractivity contribution in [1.82, 2.24) is 10.2 Å². The number of carbonyl (C=O) groups is 1. The number of hydrogen-bond donors (Lipinski definition) is 5. The molecule has 1 amide bonds. The molecule has 6 N–H and O–H groups in total. The number of amides is 1. The van der Waals surface area contributed by atoms with E-state index >= 15 is 0 Å². The maximum atomic E-state index is 11.4. The molecule has 0 fully saturated rings. The summed E-state index contributed by atoms with van der Waals surface area (Å²) in [5, 5.41) is 23.8. The molecule has 2 aromatic carbocycles. The maximum Gasteiger partial charge on any atom is 0.248 e. The Bertz CT molecular complexity index is 932. The smallest absolute Gasteiger partial charge is 0.248 e. The van der Waals surface area contributed by atoms with Gasteiger partial charge in [0.25, 0.3) is 0 Å². The molecule has 3 aromatic rings. The van der Waals surface area contributed by atoms with E-state index in [0.29, 0.717) is 29.2 Å². The van der Waals surface area contributed by atoms with Crippen molar-refractivity contribution in [3.8, 4) is 17.0 Å². The number of rotatable bonds is 6. The van der Waals surface area contributed by atoms with Gasteiger partial charge in [0.15, 0.2) is 5.75 Å². The highest BCUT2D eigenvalue weighted by Crippen LogP contribution is 2.31. The summed E-state index contributed by atoms with van der Waals surface area (Å²) in [6.45, 7) is 2.31. The quantitative estimate of drug-likeness (QED) is 0.468. The van der Waals surface area contributed by atoms with Gasteiger partial charge in [-0.05, 0) is 25.1 Å². The number of H-pyrrole nitrogens is 1. The molecule has 0 aliphatic rings. The Balaban J connectivity index is 1.82. The summed E-state index contributed by atoms with van der Waals surface area (Å²) in [6.07, 6.45) is 0. The first-order valence-corrected chi connectivity index (χ1v) is 8.18. The Kier molecular flexibility index (Phi) is 4.79. The van der Waals surface area contributed by atoms with E-state index in [-0.39, 0.29) is 5.75 Å². The van der Waals surface area contributed by atoms with Crippen LogP contribution in [-0.2, 0) is 6.54 Å². The Morgan fingerprint density at radius 2 is 1.92 bits per heavy atom. The molecule has 0 aliphatic carbocycles. The monoisotopic (exact) mass is 351 g/mol. The Morgan fingerprint density at radius 1 is 1.19 bits per heavy atom. The molecule has 1 aromatic heterocycles. The molecule has 1 heterocycles. The Morgan fingerprint density at radius 3 is 2.58 bits per heavy atom. The molecule has 0 unspecified atom stereocenters. The molecule has 7 heteroatoms. The number of nitrogens with one attached hydrogen (secondary N) is 3. The van der Waals surface area contributed by atoms with Crippen molar-refractivity contribution in [3.63, 3.8) is 0 Å². The fraction of sp³-hybridized carbons (Fsp3) is 0.158. The van der Waals surface area contributed by atoms with E-state index in [4.69, 9.17) is 5.73 Å². The van der Waals surface area contributed by atoms with E-state index in [0.717, 1.165) is 16.8 Å². The summed E-state index contributed by atoms with van der Waals surface area (Å²) in [4.78, 5) is 11.4. The van der Waals surface area contributed by atoms with Crippen LogP contribution in [0.4, 0.5) is 11.4 Å². The van der Waals surface area contributed by atoms with Crippen LogP contribution in [0.2, 0.25) is 0 Å². The number of carbonyl (C=O) groups excluding carboxylic acids is 1. The molecule has 134 valence electrons. The Hall–Kier alpha value is -3.48. The molecule has 0 spiro atoms. The fourth-order valence-electron chi connectivity index (χ4n) is 2.65. The number of anilines is 2. The molecule has 0 radical (unpaired) electrons. The van der Waals surface area contributed by atoms with Crippen LogP contribution < -0.4 is 16.4 Å². The zero-order valence-electron chi connectivity index (χ0n) is 14.6. The third-order valence-corrected chi connectivity index (χ3v) is 4.17. The number of aryl methyl sites for hydroxylation is 1. The van der Waals surface area contributed by atoms with E-state index in [1.807, 2.05) is 31.2 Å². The van der Waals surface area contributed by atoms with Crippen molar-refractivity contribution in [2.75, 3.05) is 17.7 Å². The predicted molar refractivity (Wildman–Crippen MR) is 102 cm³/mol. The summed E-state index contributed by atoms with van der Waals surface area (Å²) >= 11 is 0. The lowest BCUT2D eigenvalue weighted by Crippen LogP contribution is -2.12. The highest BCUT2D eigenvalue weighted by Gasteiger charge is 2.14. The average molecular weight is 351 g/mol. The minimum absolute atomic E-state index is 0.0958. The second kappa shape index (κ2) is 7.18. The second-order valence-corrected chi connectivity index (χ2v) is 5.99. The van der Waals surface area contributed by atoms with E-state index in [2.05, 4.69) is 20.8 Å². The molecule has 0 bridgehead atoms. The zero-order valence-corrected chi connectivity index (χ0v) is 14.6. The van der Waals surface area contributed by atoms with E-state index in [1.165, 1.54) is 0 Å². The van der Waals surface area contributed by atoms with Gasteiger partial charge in [0.1, 0.15) is 5.69 Å². The van der Waals surface area contributed by atoms with Gasteiger partial charge < -0.3 is 21.5 Å². The van der Waals surface area contributed by atoms with E-state index in [9.17, 15) is 9.90 Å². The minimum Gasteiger partial charge on any atom is -0.504 e. The zero-order chi connectivity index (χ0) is 18.7. The number of aromatic nitrogens is 2.